The number of carbonyl (C=O) groups excluding carboxylic acids is 1. The van der Waals surface area contributed by atoms with Crippen molar-refractivity contribution in [2.45, 2.75) is 57.4 Å². The molecule has 0 fully saturated rings. The van der Waals surface area contributed by atoms with Crippen molar-refractivity contribution in [2.24, 2.45) is 22.1 Å². The summed E-state index contributed by atoms with van der Waals surface area (Å²) in [5.74, 6) is 5.03. The zero-order valence-corrected chi connectivity index (χ0v) is 23.7. The molecule has 0 bridgehead atoms. The van der Waals surface area contributed by atoms with Crippen molar-refractivity contribution in [3.63, 3.8) is 0 Å². The molecule has 1 atom stereocenters. The van der Waals surface area contributed by atoms with E-state index in [1.54, 1.807) is 11.8 Å². The lowest BCUT2D eigenvalue weighted by Gasteiger charge is -2.25. The molecule has 3 aromatic rings. The summed E-state index contributed by atoms with van der Waals surface area (Å²) in [6.07, 6.45) is -3.48. The molecule has 3 rings (SSSR count). The van der Waals surface area contributed by atoms with Gasteiger partial charge in [-0.1, -0.05) is 32.9 Å². The van der Waals surface area contributed by atoms with E-state index in [1.165, 1.54) is 23.5 Å². The third-order valence-corrected chi connectivity index (χ3v) is 8.41. The Morgan fingerprint density at radius 2 is 1.66 bits per heavy atom. The SMILES string of the molecule is Cc1cc(SC(CC(C)(C)C)c2ccc(C(=O)NC/C(N)=N/N)s2)cc(C)c1-c1ccc(C(F)(F)F)cc1. The summed E-state index contributed by atoms with van der Waals surface area (Å²) in [7, 11) is 0. The summed E-state index contributed by atoms with van der Waals surface area (Å²) in [6, 6.07) is 13.3. The maximum Gasteiger partial charge on any atom is 0.416 e. The van der Waals surface area contributed by atoms with Crippen LogP contribution in [0.5, 0.6) is 0 Å². The van der Waals surface area contributed by atoms with Crippen molar-refractivity contribution >= 4 is 34.8 Å². The second-order valence-electron chi connectivity index (χ2n) is 10.4. The average Bonchev–Trinajstić information content (AvgIpc) is 3.31. The number of thioether (sulfide) groups is 1. The number of alkyl halides is 3. The minimum Gasteiger partial charge on any atom is -0.384 e. The van der Waals surface area contributed by atoms with Gasteiger partial charge >= 0.3 is 6.18 Å². The second-order valence-corrected chi connectivity index (χ2v) is 12.8. The van der Waals surface area contributed by atoms with Crippen molar-refractivity contribution in [3.8, 4) is 11.1 Å². The van der Waals surface area contributed by atoms with Crippen LogP contribution in [0, 0.1) is 19.3 Å². The number of hydrogen-bond donors (Lipinski definition) is 3. The topological polar surface area (TPSA) is 93.5 Å². The number of amides is 1. The minimum atomic E-state index is -4.36. The number of aryl methyl sites for hydroxylation is 2. The minimum absolute atomic E-state index is 0.0420. The molecule has 0 aliphatic carbocycles. The van der Waals surface area contributed by atoms with E-state index in [2.05, 4.69) is 43.3 Å². The van der Waals surface area contributed by atoms with Crippen molar-refractivity contribution in [3.05, 3.63) is 75.0 Å². The molecule has 0 aliphatic heterocycles. The van der Waals surface area contributed by atoms with Gasteiger partial charge in [0.2, 0.25) is 0 Å². The van der Waals surface area contributed by atoms with Crippen LogP contribution in [0.25, 0.3) is 11.1 Å². The highest BCUT2D eigenvalue weighted by atomic mass is 32.2. The fourth-order valence-corrected chi connectivity index (χ4v) is 6.94. The predicted molar refractivity (Wildman–Crippen MR) is 151 cm³/mol. The standard InChI is InChI=1S/C28H33F3N4OS2/c1-16-12-20(13-17(2)25(16)18-6-8-19(9-7-18)28(29,30)31)37-23(14-27(3,4)5)21-10-11-22(38-21)26(36)34-15-24(32)35-33/h6-13,23H,14-15,33H2,1-5H3,(H2,32,35)(H,34,36). The molecule has 1 aromatic heterocycles. The van der Waals surface area contributed by atoms with Gasteiger partial charge in [0, 0.05) is 15.0 Å². The van der Waals surface area contributed by atoms with Crippen LogP contribution in [0.4, 0.5) is 13.2 Å². The lowest BCUT2D eigenvalue weighted by atomic mass is 9.90. The predicted octanol–water partition coefficient (Wildman–Crippen LogP) is 7.28. The summed E-state index contributed by atoms with van der Waals surface area (Å²) in [6.45, 7) is 10.6. The van der Waals surface area contributed by atoms with E-state index in [-0.39, 0.29) is 29.0 Å². The van der Waals surface area contributed by atoms with Crippen LogP contribution in [-0.4, -0.2) is 18.3 Å². The first kappa shape index (κ1) is 29.6. The third kappa shape index (κ3) is 7.77. The van der Waals surface area contributed by atoms with Gasteiger partial charge in [-0.2, -0.15) is 18.3 Å². The summed E-state index contributed by atoms with van der Waals surface area (Å²) in [5, 5.41) is 6.18. The quantitative estimate of drug-likeness (QED) is 0.0884. The number of halogens is 3. The summed E-state index contributed by atoms with van der Waals surface area (Å²) in [4.78, 5) is 15.3. The smallest absolute Gasteiger partial charge is 0.384 e. The summed E-state index contributed by atoms with van der Waals surface area (Å²) >= 11 is 3.17. The maximum absolute atomic E-state index is 13.0. The van der Waals surface area contributed by atoms with Gasteiger partial charge in [0.25, 0.3) is 5.91 Å². The molecule has 0 saturated heterocycles. The Hall–Kier alpha value is -2.98. The van der Waals surface area contributed by atoms with Crippen LogP contribution in [0.2, 0.25) is 0 Å². The number of hydrogen-bond acceptors (Lipinski definition) is 5. The molecule has 1 amide bonds. The van der Waals surface area contributed by atoms with Gasteiger partial charge in [0.05, 0.1) is 17.0 Å². The molecular weight excluding hydrogens is 529 g/mol. The van der Waals surface area contributed by atoms with Crippen molar-refractivity contribution in [1.82, 2.24) is 5.32 Å². The Morgan fingerprint density at radius 3 is 2.18 bits per heavy atom. The van der Waals surface area contributed by atoms with E-state index in [0.29, 0.717) is 4.88 Å². The number of thiophene rings is 1. The van der Waals surface area contributed by atoms with Gasteiger partial charge in [-0.25, -0.2) is 0 Å². The third-order valence-electron chi connectivity index (χ3n) is 5.85. The Labute approximate surface area is 229 Å². The molecule has 5 N–H and O–H groups in total. The zero-order valence-electron chi connectivity index (χ0n) is 22.1. The Morgan fingerprint density at radius 1 is 1.05 bits per heavy atom. The molecule has 1 unspecified atom stereocenters. The molecule has 2 aromatic carbocycles. The Kier molecular flexibility index (Phi) is 9.20. The fraction of sp³-hybridized carbons (Fsp3) is 0.357. The van der Waals surface area contributed by atoms with E-state index in [0.717, 1.165) is 50.6 Å². The van der Waals surface area contributed by atoms with Crippen LogP contribution in [0.3, 0.4) is 0 Å². The molecule has 5 nitrogen and oxygen atoms in total. The molecule has 0 aliphatic rings. The summed E-state index contributed by atoms with van der Waals surface area (Å²) in [5.41, 5.74) is 8.63. The first-order valence-corrected chi connectivity index (χ1v) is 13.7. The second kappa shape index (κ2) is 11.8. The molecule has 1 heterocycles. The first-order chi connectivity index (χ1) is 17.7. The highest BCUT2D eigenvalue weighted by molar-refractivity contribution is 7.99. The molecule has 10 heteroatoms. The maximum atomic E-state index is 13.0. The molecule has 0 saturated carbocycles. The molecule has 0 radical (unpaired) electrons. The zero-order chi connectivity index (χ0) is 28.3. The van der Waals surface area contributed by atoms with Crippen LogP contribution in [0.1, 0.15) is 63.7 Å². The van der Waals surface area contributed by atoms with Gasteiger partial charge < -0.3 is 16.9 Å². The number of rotatable bonds is 8. The van der Waals surface area contributed by atoms with Gasteiger partial charge in [-0.15, -0.1) is 23.1 Å². The molecule has 0 spiro atoms. The molecule has 38 heavy (non-hydrogen) atoms. The fourth-order valence-electron chi connectivity index (χ4n) is 4.15. The number of amidine groups is 1. The Bertz CT molecular complexity index is 1290. The lowest BCUT2D eigenvalue weighted by Crippen LogP contribution is -2.33. The lowest BCUT2D eigenvalue weighted by molar-refractivity contribution is -0.137. The van der Waals surface area contributed by atoms with Crippen LogP contribution in [-0.2, 0) is 6.18 Å². The van der Waals surface area contributed by atoms with Gasteiger partial charge in [-0.3, -0.25) is 4.79 Å². The highest BCUT2D eigenvalue weighted by Gasteiger charge is 2.30. The van der Waals surface area contributed by atoms with Crippen LogP contribution in [0.15, 0.2) is 58.5 Å². The van der Waals surface area contributed by atoms with E-state index in [9.17, 15) is 18.0 Å². The number of benzene rings is 2. The average molecular weight is 563 g/mol. The molecule has 204 valence electrons. The van der Waals surface area contributed by atoms with E-state index >= 15 is 0 Å². The summed E-state index contributed by atoms with van der Waals surface area (Å²) < 4.78 is 39.0. The van der Waals surface area contributed by atoms with E-state index < -0.39 is 11.7 Å². The van der Waals surface area contributed by atoms with E-state index in [1.807, 2.05) is 26.0 Å². The number of hydrazone groups is 1. The van der Waals surface area contributed by atoms with Gasteiger partial charge in [-0.05, 0) is 84.3 Å². The number of nitrogens with zero attached hydrogens (tertiary/aromatic N) is 1. The highest BCUT2D eigenvalue weighted by Crippen LogP contribution is 2.46. The van der Waals surface area contributed by atoms with Crippen molar-refractivity contribution in [2.75, 3.05) is 6.54 Å². The van der Waals surface area contributed by atoms with Crippen molar-refractivity contribution < 1.29 is 18.0 Å². The first-order valence-electron chi connectivity index (χ1n) is 12.0. The monoisotopic (exact) mass is 562 g/mol. The normalized spacial score (nSPS) is 13.4. The number of carbonyl (C=O) groups is 1. The van der Waals surface area contributed by atoms with E-state index in [4.69, 9.17) is 11.6 Å². The Balaban J connectivity index is 1.86. The van der Waals surface area contributed by atoms with Crippen LogP contribution < -0.4 is 16.9 Å². The van der Waals surface area contributed by atoms with Gasteiger partial charge in [0.1, 0.15) is 5.84 Å². The van der Waals surface area contributed by atoms with Crippen LogP contribution >= 0.6 is 23.1 Å². The largest absolute Gasteiger partial charge is 0.416 e. The van der Waals surface area contributed by atoms with Crippen molar-refractivity contribution in [1.29, 1.82) is 0 Å². The van der Waals surface area contributed by atoms with Gasteiger partial charge in [0.15, 0.2) is 0 Å². The molecular formula is C28H33F3N4OS2. The number of nitrogens with one attached hydrogen (secondary N) is 1. The number of nitrogens with two attached hydrogens (primary N) is 2.